The maximum atomic E-state index is 10.9. The highest BCUT2D eigenvalue weighted by Crippen LogP contribution is 2.08. The molecular weight excluding hydrogens is 198 g/mol. The number of carbonyl (C=O) groups excluding carboxylic acids is 1. The Labute approximate surface area is 87.8 Å². The van der Waals surface area contributed by atoms with E-state index in [4.69, 9.17) is 9.84 Å². The maximum absolute atomic E-state index is 10.9. The number of methoxy groups -OCH3 is 1. The number of nitrogens with zero attached hydrogens (tertiary/aromatic N) is 2. The van der Waals surface area contributed by atoms with Crippen LogP contribution in [0.4, 0.5) is 5.82 Å². The first kappa shape index (κ1) is 11.7. The normalized spacial score (nSPS) is 12.5. The lowest BCUT2D eigenvalue weighted by Crippen LogP contribution is -2.17. The summed E-state index contributed by atoms with van der Waals surface area (Å²) in [5, 5.41) is 15.1. The molecule has 1 atom stereocenters. The molecule has 0 saturated heterocycles. The zero-order valence-electron chi connectivity index (χ0n) is 8.80. The fourth-order valence-corrected chi connectivity index (χ4v) is 1.15. The molecule has 15 heavy (non-hydrogen) atoms. The van der Waals surface area contributed by atoms with Crippen molar-refractivity contribution in [3.8, 4) is 0 Å². The van der Waals surface area contributed by atoms with Crippen molar-refractivity contribution >= 4 is 11.7 Å². The van der Waals surface area contributed by atoms with Crippen molar-refractivity contribution in [2.24, 2.45) is 0 Å². The number of aliphatic hydroxyl groups excluding tert-OH is 1. The number of rotatable bonds is 5. The average molecular weight is 213 g/mol. The van der Waals surface area contributed by atoms with Gasteiger partial charge >= 0.3 is 0 Å². The number of nitrogens with one attached hydrogen (secondary N) is 1. The minimum absolute atomic E-state index is 0.106. The van der Waals surface area contributed by atoms with E-state index in [0.717, 1.165) is 0 Å². The summed E-state index contributed by atoms with van der Waals surface area (Å²) in [6, 6.07) is 1.77. The highest BCUT2D eigenvalue weighted by atomic mass is 16.5. The van der Waals surface area contributed by atoms with Crippen molar-refractivity contribution in [3.63, 3.8) is 0 Å². The lowest BCUT2D eigenvalue weighted by atomic mass is 10.4. The van der Waals surface area contributed by atoms with Crippen LogP contribution in [0, 0.1) is 0 Å². The number of hydrogen-bond acceptors (Lipinski definition) is 4. The average Bonchev–Trinajstić information content (AvgIpc) is 2.66. The molecule has 0 fully saturated rings. The Morgan fingerprint density at radius 1 is 1.80 bits per heavy atom. The highest BCUT2D eigenvalue weighted by molar-refractivity contribution is 5.90. The number of aromatic nitrogens is 2. The van der Waals surface area contributed by atoms with Gasteiger partial charge in [-0.05, 0) is 6.92 Å². The Balaban J connectivity index is 2.59. The zero-order valence-corrected chi connectivity index (χ0v) is 8.80. The molecule has 0 saturated carbocycles. The Bertz CT molecular complexity index is 324. The molecule has 84 valence electrons. The van der Waals surface area contributed by atoms with Gasteiger partial charge in [0, 0.05) is 19.4 Å². The van der Waals surface area contributed by atoms with E-state index in [1.54, 1.807) is 24.1 Å². The van der Waals surface area contributed by atoms with Crippen LogP contribution in [-0.2, 0) is 9.53 Å². The molecule has 0 aromatic carbocycles. The molecule has 0 aliphatic heterocycles. The summed E-state index contributed by atoms with van der Waals surface area (Å²) in [5.41, 5.74) is 0. The molecule has 2 N–H and O–H groups in total. The van der Waals surface area contributed by atoms with Gasteiger partial charge in [-0.1, -0.05) is 0 Å². The van der Waals surface area contributed by atoms with Crippen LogP contribution in [0.25, 0.3) is 0 Å². The fraction of sp³-hybridized carbons (Fsp3) is 0.556. The quantitative estimate of drug-likeness (QED) is 0.723. The molecule has 1 amide bonds. The van der Waals surface area contributed by atoms with Gasteiger partial charge in [-0.25, -0.2) is 0 Å². The van der Waals surface area contributed by atoms with E-state index < -0.39 is 12.5 Å². The second-order valence-corrected chi connectivity index (χ2v) is 3.19. The number of hydrogen-bond donors (Lipinski definition) is 2. The first-order valence-electron chi connectivity index (χ1n) is 4.62. The number of carbonyl (C=O) groups is 1. The smallest absolute Gasteiger partial charge is 0.251 e. The predicted molar refractivity (Wildman–Crippen MR) is 54.5 cm³/mol. The first-order chi connectivity index (χ1) is 7.17. The Morgan fingerprint density at radius 3 is 3.13 bits per heavy atom. The highest BCUT2D eigenvalue weighted by Gasteiger charge is 2.07. The standard InChI is InChI=1S/C9H15N3O3/c1-7(6-15-2)12-4-3-8(11-12)10-9(14)5-13/h3-4,7,13H,5-6H2,1-2H3,(H,10,11,14). The van der Waals surface area contributed by atoms with Crippen LogP contribution in [0.3, 0.4) is 0 Å². The van der Waals surface area contributed by atoms with Gasteiger partial charge in [0.1, 0.15) is 6.61 Å². The third-order valence-corrected chi connectivity index (χ3v) is 1.88. The summed E-state index contributed by atoms with van der Waals surface area (Å²) in [4.78, 5) is 10.9. The lowest BCUT2D eigenvalue weighted by Gasteiger charge is -2.10. The minimum Gasteiger partial charge on any atom is -0.387 e. The molecule has 6 nitrogen and oxygen atoms in total. The summed E-state index contributed by atoms with van der Waals surface area (Å²) in [6.45, 7) is 1.96. The number of ether oxygens (including phenoxy) is 1. The number of aliphatic hydroxyl groups is 1. The second-order valence-electron chi connectivity index (χ2n) is 3.19. The Kier molecular flexibility index (Phi) is 4.26. The molecular formula is C9H15N3O3. The van der Waals surface area contributed by atoms with Crippen LogP contribution in [0.15, 0.2) is 12.3 Å². The third-order valence-electron chi connectivity index (χ3n) is 1.88. The van der Waals surface area contributed by atoms with Gasteiger partial charge < -0.3 is 15.2 Å². The van der Waals surface area contributed by atoms with Gasteiger partial charge in [0.05, 0.1) is 12.6 Å². The molecule has 1 heterocycles. The zero-order chi connectivity index (χ0) is 11.3. The summed E-state index contributed by atoms with van der Waals surface area (Å²) < 4.78 is 6.67. The van der Waals surface area contributed by atoms with Gasteiger partial charge in [-0.15, -0.1) is 0 Å². The summed E-state index contributed by atoms with van der Waals surface area (Å²) in [6.07, 6.45) is 1.75. The predicted octanol–water partition coefficient (Wildman–Crippen LogP) is 0.0213. The molecule has 1 aromatic heterocycles. The third kappa shape index (κ3) is 3.34. The van der Waals surface area contributed by atoms with E-state index in [1.807, 2.05) is 6.92 Å². The van der Waals surface area contributed by atoms with Crippen LogP contribution in [0.1, 0.15) is 13.0 Å². The summed E-state index contributed by atoms with van der Waals surface area (Å²) in [5.74, 6) is -0.0448. The first-order valence-corrected chi connectivity index (χ1v) is 4.62. The summed E-state index contributed by atoms with van der Waals surface area (Å²) >= 11 is 0. The Morgan fingerprint density at radius 2 is 2.53 bits per heavy atom. The molecule has 0 aliphatic carbocycles. The largest absolute Gasteiger partial charge is 0.387 e. The number of anilines is 1. The monoisotopic (exact) mass is 213 g/mol. The van der Waals surface area contributed by atoms with Gasteiger partial charge in [0.2, 0.25) is 0 Å². The van der Waals surface area contributed by atoms with Crippen LogP contribution in [0.2, 0.25) is 0 Å². The van der Waals surface area contributed by atoms with Crippen molar-refractivity contribution < 1.29 is 14.6 Å². The molecule has 0 bridgehead atoms. The molecule has 0 spiro atoms. The van der Waals surface area contributed by atoms with Crippen LogP contribution in [-0.4, -0.2) is 41.1 Å². The van der Waals surface area contributed by atoms with Crippen molar-refractivity contribution in [2.75, 3.05) is 25.6 Å². The molecule has 0 aliphatic rings. The molecule has 1 aromatic rings. The van der Waals surface area contributed by atoms with Crippen LogP contribution < -0.4 is 5.32 Å². The molecule has 0 radical (unpaired) electrons. The lowest BCUT2D eigenvalue weighted by molar-refractivity contribution is -0.118. The van der Waals surface area contributed by atoms with E-state index >= 15 is 0 Å². The van der Waals surface area contributed by atoms with Crippen LogP contribution >= 0.6 is 0 Å². The summed E-state index contributed by atoms with van der Waals surface area (Å²) in [7, 11) is 1.62. The van der Waals surface area contributed by atoms with E-state index in [9.17, 15) is 4.79 Å². The van der Waals surface area contributed by atoms with Gasteiger partial charge in [0.15, 0.2) is 5.82 Å². The maximum Gasteiger partial charge on any atom is 0.251 e. The topological polar surface area (TPSA) is 76.4 Å². The fourth-order valence-electron chi connectivity index (χ4n) is 1.15. The van der Waals surface area contributed by atoms with Gasteiger partial charge in [0.25, 0.3) is 5.91 Å². The second kappa shape index (κ2) is 5.47. The van der Waals surface area contributed by atoms with E-state index in [0.29, 0.717) is 12.4 Å². The van der Waals surface area contributed by atoms with E-state index in [-0.39, 0.29) is 6.04 Å². The minimum atomic E-state index is -0.541. The van der Waals surface area contributed by atoms with Crippen molar-refractivity contribution in [1.82, 2.24) is 9.78 Å². The molecule has 1 rings (SSSR count). The van der Waals surface area contributed by atoms with Gasteiger partial charge in [-0.2, -0.15) is 5.10 Å². The molecule has 6 heteroatoms. The van der Waals surface area contributed by atoms with E-state index in [2.05, 4.69) is 10.4 Å². The van der Waals surface area contributed by atoms with Crippen molar-refractivity contribution in [1.29, 1.82) is 0 Å². The number of amides is 1. The van der Waals surface area contributed by atoms with Crippen molar-refractivity contribution in [2.45, 2.75) is 13.0 Å². The van der Waals surface area contributed by atoms with E-state index in [1.165, 1.54) is 0 Å². The Hall–Kier alpha value is -1.40. The van der Waals surface area contributed by atoms with Crippen LogP contribution in [0.5, 0.6) is 0 Å². The van der Waals surface area contributed by atoms with Gasteiger partial charge in [-0.3, -0.25) is 9.48 Å². The van der Waals surface area contributed by atoms with Crippen molar-refractivity contribution in [3.05, 3.63) is 12.3 Å². The SMILES string of the molecule is COCC(C)n1ccc(NC(=O)CO)n1. The molecule has 1 unspecified atom stereocenters.